The zero-order valence-electron chi connectivity index (χ0n) is 13.6. The van der Waals surface area contributed by atoms with Crippen LogP contribution in [0.5, 0.6) is 0 Å². The van der Waals surface area contributed by atoms with E-state index in [9.17, 15) is 0 Å². The third-order valence-electron chi connectivity index (χ3n) is 5.05. The largest absolute Gasteiger partial charge is 1.00 e. The van der Waals surface area contributed by atoms with Crippen molar-refractivity contribution in [3.63, 3.8) is 0 Å². The first kappa shape index (κ1) is 24.7. The van der Waals surface area contributed by atoms with Gasteiger partial charge in [-0.25, -0.2) is 0 Å². The fourth-order valence-corrected chi connectivity index (χ4v) is 11.3. The predicted octanol–water partition coefficient (Wildman–Crippen LogP) is -4.45. The van der Waals surface area contributed by atoms with E-state index in [4.69, 9.17) is 0 Å². The minimum atomic E-state index is -1.56. The van der Waals surface area contributed by atoms with Gasteiger partial charge in [-0.1, -0.05) is 0 Å². The summed E-state index contributed by atoms with van der Waals surface area (Å²) in [6.07, 6.45) is 4.83. The van der Waals surface area contributed by atoms with Gasteiger partial charge in [0.05, 0.1) is 0 Å². The minimum absolute atomic E-state index is 0. The van der Waals surface area contributed by atoms with E-state index in [2.05, 4.69) is 90.6 Å². The maximum absolute atomic E-state index is 2.49. The first-order valence-electron chi connectivity index (χ1n) is 7.19. The molecule has 1 aliphatic rings. The fourth-order valence-electron chi connectivity index (χ4n) is 3.53. The van der Waals surface area contributed by atoms with Crippen molar-refractivity contribution in [2.24, 2.45) is 0 Å². The van der Waals surface area contributed by atoms with Crippen molar-refractivity contribution in [2.75, 3.05) is 0 Å². The van der Waals surface area contributed by atoms with Crippen LogP contribution in [0.2, 0.25) is 15.4 Å². The van der Waals surface area contributed by atoms with Gasteiger partial charge in [-0.2, -0.15) is 0 Å². The molecule has 0 saturated heterocycles. The van der Waals surface area contributed by atoms with Gasteiger partial charge >= 0.3 is 130 Å². The molecule has 22 heavy (non-hydrogen) atoms. The zero-order chi connectivity index (χ0) is 14.1. The van der Waals surface area contributed by atoms with Gasteiger partial charge in [0, 0.05) is 0 Å². The summed E-state index contributed by atoms with van der Waals surface area (Å²) in [4.78, 5) is 0. The molecule has 1 aromatic carbocycles. The van der Waals surface area contributed by atoms with Crippen LogP contribution in [-0.4, -0.2) is 8.07 Å². The predicted molar refractivity (Wildman–Crippen MR) is 83.0 cm³/mol. The number of rotatable bonds is 4. The van der Waals surface area contributed by atoms with Crippen molar-refractivity contribution >= 4 is 13.3 Å². The molecule has 0 aromatic heterocycles. The van der Waals surface area contributed by atoms with E-state index in [0.29, 0.717) is 0 Å². The van der Waals surface area contributed by atoms with E-state index < -0.39 is 8.07 Å². The van der Waals surface area contributed by atoms with Crippen LogP contribution in [-0.2, 0) is 20.4 Å². The van der Waals surface area contributed by atoms with E-state index in [1.165, 1.54) is 17.7 Å². The average Bonchev–Trinajstić information content (AvgIpc) is 2.71. The maximum Gasteiger partial charge on any atom is -1.00 e. The molecule has 0 heterocycles. The van der Waals surface area contributed by atoms with Gasteiger partial charge in [-0.15, -0.1) is 0 Å². The van der Waals surface area contributed by atoms with Crippen molar-refractivity contribution < 1.29 is 57.7 Å². The van der Waals surface area contributed by atoms with E-state index in [-0.39, 0.29) is 40.6 Å². The Morgan fingerprint density at radius 1 is 0.955 bits per heavy atom. The molecule has 0 nitrogen and oxygen atoms in total. The maximum atomic E-state index is 2.49. The third kappa shape index (κ3) is 3.77. The molecule has 0 saturated carbocycles. The van der Waals surface area contributed by atoms with Gasteiger partial charge in [0.15, 0.2) is 0 Å². The van der Waals surface area contributed by atoms with E-state index in [1.54, 1.807) is 10.8 Å². The Balaban J connectivity index is 0. The van der Waals surface area contributed by atoms with Crippen molar-refractivity contribution in [1.82, 2.24) is 0 Å². The Morgan fingerprint density at radius 3 is 1.82 bits per heavy atom. The van der Waals surface area contributed by atoms with E-state index >= 15 is 0 Å². The van der Waals surface area contributed by atoms with Crippen LogP contribution in [0.4, 0.5) is 0 Å². The second-order valence-corrected chi connectivity index (χ2v) is 12.6. The molecule has 2 rings (SSSR count). The molecule has 120 valence electrons. The SMILES string of the molecule is CC[Si](CC)(c1ccccc1)[C]1([Ti+3])C=CC(C)=C1C.[Cl-].[Cl-].[Cl-]. The molecule has 1 aromatic rings. The smallest absolute Gasteiger partial charge is 1.00 e. The molecule has 0 bridgehead atoms. The van der Waals surface area contributed by atoms with Gasteiger partial charge in [-0.3, -0.25) is 0 Å². The van der Waals surface area contributed by atoms with Crippen LogP contribution in [0.1, 0.15) is 27.7 Å². The van der Waals surface area contributed by atoms with Crippen LogP contribution >= 0.6 is 0 Å². The number of hydrogen-bond donors (Lipinski definition) is 0. The van der Waals surface area contributed by atoms with Crippen LogP contribution in [0.3, 0.4) is 0 Å². The molecule has 1 aliphatic carbocycles. The number of allylic oxidation sites excluding steroid dienone is 4. The number of halogens is 3. The summed E-state index contributed by atoms with van der Waals surface area (Å²) < 4.78 is 0.280. The first-order valence-corrected chi connectivity index (χ1v) is 10.4. The zero-order valence-corrected chi connectivity index (χ0v) is 18.4. The van der Waals surface area contributed by atoms with Gasteiger partial charge in [0.1, 0.15) is 0 Å². The third-order valence-corrected chi connectivity index (χ3v) is 14.0. The number of benzene rings is 1. The molecular weight excluding hydrogens is 386 g/mol. The van der Waals surface area contributed by atoms with Gasteiger partial charge in [-0.05, 0) is 0 Å². The summed E-state index contributed by atoms with van der Waals surface area (Å²) in [6.45, 7) is 9.38. The van der Waals surface area contributed by atoms with Crippen LogP contribution < -0.4 is 42.4 Å². The topological polar surface area (TPSA) is 0 Å². The normalized spacial score (nSPS) is 20.1. The Bertz CT molecular complexity index is 524. The molecule has 0 fully saturated rings. The second kappa shape index (κ2) is 9.71. The molecule has 5 heteroatoms. The van der Waals surface area contributed by atoms with Crippen LogP contribution in [0.25, 0.3) is 0 Å². The molecular formula is C17H23Cl3SiTi. The minimum Gasteiger partial charge on any atom is -1.00 e. The Hall–Kier alpha value is 0.501. The summed E-state index contributed by atoms with van der Waals surface area (Å²) in [6, 6.07) is 13.9. The second-order valence-electron chi connectivity index (χ2n) is 5.60. The fraction of sp³-hybridized carbons (Fsp3) is 0.412. The van der Waals surface area contributed by atoms with Crippen molar-refractivity contribution in [3.05, 3.63) is 53.6 Å². The quantitative estimate of drug-likeness (QED) is 0.440. The van der Waals surface area contributed by atoms with Crippen LogP contribution in [0.15, 0.2) is 53.6 Å². The monoisotopic (exact) mass is 408 g/mol. The van der Waals surface area contributed by atoms with Gasteiger partial charge in [0.2, 0.25) is 0 Å². The summed E-state index contributed by atoms with van der Waals surface area (Å²) >= 11 is 2.47. The molecule has 1 atom stereocenters. The summed E-state index contributed by atoms with van der Waals surface area (Å²) in [7, 11) is -1.56. The molecule has 0 spiro atoms. The average molecular weight is 410 g/mol. The van der Waals surface area contributed by atoms with Crippen molar-refractivity contribution in [1.29, 1.82) is 0 Å². The van der Waals surface area contributed by atoms with Gasteiger partial charge in [0.25, 0.3) is 0 Å². The van der Waals surface area contributed by atoms with Crippen molar-refractivity contribution in [2.45, 2.75) is 43.1 Å². The molecule has 1 unspecified atom stereocenters. The van der Waals surface area contributed by atoms with Crippen molar-refractivity contribution in [3.8, 4) is 0 Å². The van der Waals surface area contributed by atoms with Gasteiger partial charge < -0.3 is 37.2 Å². The number of hydrogen-bond acceptors (Lipinski definition) is 0. The molecule has 0 N–H and O–H groups in total. The Labute approximate surface area is 166 Å². The van der Waals surface area contributed by atoms with E-state index in [0.717, 1.165) is 0 Å². The summed E-state index contributed by atoms with van der Waals surface area (Å²) in [5.74, 6) is 0. The standard InChI is InChI=1S/C17H23Si.3ClH.Ti/c1-5-18(6-2,16-10-8-7-9-11-16)17-13-12-14(3)15(17)4;;;;/h7-13H,5-6H2,1-4H3;3*1H;/q;;;;+3/p-3. The van der Waals surface area contributed by atoms with E-state index in [1.807, 2.05) is 0 Å². The Morgan fingerprint density at radius 2 is 1.45 bits per heavy atom. The van der Waals surface area contributed by atoms with Crippen LogP contribution in [0, 0.1) is 0 Å². The molecule has 0 amide bonds. The summed E-state index contributed by atoms with van der Waals surface area (Å²) in [5, 5.41) is 1.61. The Kier molecular flexibility index (Phi) is 10.9. The molecule has 0 aliphatic heterocycles. The summed E-state index contributed by atoms with van der Waals surface area (Å²) in [5.41, 5.74) is 3.06. The first-order chi connectivity index (χ1) is 9.02. The molecule has 0 radical (unpaired) electrons.